The molecule has 1 heterocycles. The maximum atomic E-state index is 2.52. The summed E-state index contributed by atoms with van der Waals surface area (Å²) in [6.07, 6.45) is 5.58. The molecule has 0 saturated carbocycles. The molecule has 1 nitrogen and oxygen atoms in total. The van der Waals surface area contributed by atoms with E-state index in [-0.39, 0.29) is 0 Å². The molecule has 0 amide bonds. The van der Waals surface area contributed by atoms with Gasteiger partial charge in [-0.3, -0.25) is 0 Å². The molecule has 0 spiro atoms. The van der Waals surface area contributed by atoms with Crippen LogP contribution in [0.3, 0.4) is 0 Å². The molecule has 0 aliphatic carbocycles. The molecule has 0 aromatic carbocycles. The minimum Gasteiger partial charge on any atom is -0.303 e. The third-order valence-electron chi connectivity index (χ3n) is 2.90. The number of likely N-dealkylation sites (tertiary alicyclic amines) is 1. The first kappa shape index (κ1) is 10.0. The van der Waals surface area contributed by atoms with Crippen molar-refractivity contribution in [1.82, 2.24) is 4.90 Å². The van der Waals surface area contributed by atoms with Gasteiger partial charge in [0.05, 0.1) is 0 Å². The Morgan fingerprint density at radius 3 is 2.42 bits per heavy atom. The summed E-state index contributed by atoms with van der Waals surface area (Å²) < 4.78 is 0. The van der Waals surface area contributed by atoms with Crippen molar-refractivity contribution in [2.45, 2.75) is 52.5 Å². The zero-order chi connectivity index (χ0) is 9.19. The van der Waals surface area contributed by atoms with Crippen LogP contribution in [-0.2, 0) is 0 Å². The first-order valence-corrected chi connectivity index (χ1v) is 5.19. The second kappa shape index (κ2) is 3.78. The Hall–Kier alpha value is -0.0400. The Bertz CT molecular complexity index is 134. The Morgan fingerprint density at radius 1 is 1.33 bits per heavy atom. The second-order valence-electron chi connectivity index (χ2n) is 5.38. The molecule has 0 N–H and O–H groups in total. The molecule has 1 heteroatoms. The fraction of sp³-hybridized carbons (Fsp3) is 1.00. The van der Waals surface area contributed by atoms with E-state index in [1.54, 1.807) is 0 Å². The minimum absolute atomic E-state index is 0.517. The largest absolute Gasteiger partial charge is 0.303 e. The van der Waals surface area contributed by atoms with Gasteiger partial charge in [0.1, 0.15) is 0 Å². The molecule has 1 rings (SSSR count). The summed E-state index contributed by atoms with van der Waals surface area (Å²) in [5, 5.41) is 0. The Morgan fingerprint density at radius 2 is 2.00 bits per heavy atom. The smallest absolute Gasteiger partial charge is 0.00928 e. The zero-order valence-corrected chi connectivity index (χ0v) is 9.06. The van der Waals surface area contributed by atoms with Crippen LogP contribution in [0.25, 0.3) is 0 Å². The lowest BCUT2D eigenvalue weighted by Gasteiger charge is -2.24. The van der Waals surface area contributed by atoms with Crippen molar-refractivity contribution in [3.05, 3.63) is 0 Å². The topological polar surface area (TPSA) is 3.24 Å². The number of rotatable bonds is 2. The number of hydrogen-bond acceptors (Lipinski definition) is 1. The van der Waals surface area contributed by atoms with Crippen molar-refractivity contribution in [3.8, 4) is 0 Å². The van der Waals surface area contributed by atoms with E-state index >= 15 is 0 Å². The van der Waals surface area contributed by atoms with E-state index in [9.17, 15) is 0 Å². The summed E-state index contributed by atoms with van der Waals surface area (Å²) in [6, 6.07) is 0.879. The van der Waals surface area contributed by atoms with Gasteiger partial charge in [0.15, 0.2) is 0 Å². The van der Waals surface area contributed by atoms with Gasteiger partial charge < -0.3 is 4.90 Å². The standard InChI is InChI=1S/C11H23N/c1-11(2,3)8-7-10-6-5-9-12(10)4/h10H,5-9H2,1-4H3/t10-/m1/s1. The van der Waals surface area contributed by atoms with Crippen LogP contribution in [0.5, 0.6) is 0 Å². The summed E-state index contributed by atoms with van der Waals surface area (Å²) in [5.74, 6) is 0. The first-order chi connectivity index (χ1) is 5.49. The quantitative estimate of drug-likeness (QED) is 0.614. The maximum absolute atomic E-state index is 2.52. The van der Waals surface area contributed by atoms with E-state index in [0.29, 0.717) is 5.41 Å². The van der Waals surface area contributed by atoms with Gasteiger partial charge in [-0.1, -0.05) is 20.8 Å². The van der Waals surface area contributed by atoms with Crippen LogP contribution < -0.4 is 0 Å². The molecular weight excluding hydrogens is 146 g/mol. The van der Waals surface area contributed by atoms with Crippen LogP contribution in [0.15, 0.2) is 0 Å². The molecule has 1 aliphatic rings. The molecule has 0 aromatic heterocycles. The molecule has 1 fully saturated rings. The highest BCUT2D eigenvalue weighted by molar-refractivity contribution is 4.78. The normalized spacial score (nSPS) is 26.5. The van der Waals surface area contributed by atoms with Gasteiger partial charge in [0.2, 0.25) is 0 Å². The molecule has 0 unspecified atom stereocenters. The van der Waals surface area contributed by atoms with Gasteiger partial charge in [-0.05, 0) is 44.7 Å². The molecule has 0 radical (unpaired) electrons. The van der Waals surface area contributed by atoms with Crippen molar-refractivity contribution in [3.63, 3.8) is 0 Å². The Balaban J connectivity index is 2.23. The predicted molar refractivity (Wildman–Crippen MR) is 54.3 cm³/mol. The van der Waals surface area contributed by atoms with Crippen molar-refractivity contribution in [2.24, 2.45) is 5.41 Å². The van der Waals surface area contributed by atoms with Crippen LogP contribution in [0.2, 0.25) is 0 Å². The summed E-state index contributed by atoms with van der Waals surface area (Å²) >= 11 is 0. The van der Waals surface area contributed by atoms with E-state index in [1.165, 1.54) is 32.2 Å². The van der Waals surface area contributed by atoms with Gasteiger partial charge >= 0.3 is 0 Å². The average Bonchev–Trinajstić information content (AvgIpc) is 2.29. The Labute approximate surface area is 77.1 Å². The molecule has 12 heavy (non-hydrogen) atoms. The van der Waals surface area contributed by atoms with Crippen LogP contribution in [0.1, 0.15) is 46.5 Å². The van der Waals surface area contributed by atoms with Gasteiger partial charge in [0, 0.05) is 6.04 Å². The third kappa shape index (κ3) is 3.14. The van der Waals surface area contributed by atoms with Crippen molar-refractivity contribution in [1.29, 1.82) is 0 Å². The summed E-state index contributed by atoms with van der Waals surface area (Å²) in [4.78, 5) is 2.52. The van der Waals surface area contributed by atoms with Crippen molar-refractivity contribution in [2.75, 3.05) is 13.6 Å². The SMILES string of the molecule is CN1CCC[C@@H]1CCC(C)(C)C. The summed E-state index contributed by atoms with van der Waals surface area (Å²) in [7, 11) is 2.26. The molecule has 1 saturated heterocycles. The summed E-state index contributed by atoms with van der Waals surface area (Å²) in [6.45, 7) is 8.32. The van der Waals surface area contributed by atoms with Crippen LogP contribution in [0, 0.1) is 5.41 Å². The first-order valence-electron chi connectivity index (χ1n) is 5.19. The number of hydrogen-bond donors (Lipinski definition) is 0. The molecule has 72 valence electrons. The van der Waals surface area contributed by atoms with Crippen LogP contribution in [-0.4, -0.2) is 24.5 Å². The highest BCUT2D eigenvalue weighted by Gasteiger charge is 2.22. The Kier molecular flexibility index (Phi) is 3.16. The fourth-order valence-corrected chi connectivity index (χ4v) is 1.94. The molecular formula is C11H23N. The molecule has 0 aromatic rings. The molecule has 1 atom stereocenters. The monoisotopic (exact) mass is 169 g/mol. The molecule has 0 bridgehead atoms. The maximum Gasteiger partial charge on any atom is 0.00928 e. The lowest BCUT2D eigenvalue weighted by Crippen LogP contribution is -2.26. The van der Waals surface area contributed by atoms with E-state index in [1.807, 2.05) is 0 Å². The molecule has 1 aliphatic heterocycles. The average molecular weight is 169 g/mol. The van der Waals surface area contributed by atoms with E-state index in [0.717, 1.165) is 6.04 Å². The van der Waals surface area contributed by atoms with E-state index in [2.05, 4.69) is 32.7 Å². The van der Waals surface area contributed by atoms with E-state index < -0.39 is 0 Å². The number of nitrogens with zero attached hydrogens (tertiary/aromatic N) is 1. The zero-order valence-electron chi connectivity index (χ0n) is 9.06. The lowest BCUT2D eigenvalue weighted by atomic mass is 9.88. The van der Waals surface area contributed by atoms with Gasteiger partial charge in [-0.2, -0.15) is 0 Å². The highest BCUT2D eigenvalue weighted by atomic mass is 15.1. The van der Waals surface area contributed by atoms with Gasteiger partial charge in [0.25, 0.3) is 0 Å². The van der Waals surface area contributed by atoms with Crippen LogP contribution >= 0.6 is 0 Å². The highest BCUT2D eigenvalue weighted by Crippen LogP contribution is 2.26. The van der Waals surface area contributed by atoms with Crippen molar-refractivity contribution >= 4 is 0 Å². The summed E-state index contributed by atoms with van der Waals surface area (Å²) in [5.41, 5.74) is 0.517. The van der Waals surface area contributed by atoms with Gasteiger partial charge in [-0.15, -0.1) is 0 Å². The fourth-order valence-electron chi connectivity index (χ4n) is 1.94. The van der Waals surface area contributed by atoms with Gasteiger partial charge in [-0.25, -0.2) is 0 Å². The second-order valence-corrected chi connectivity index (χ2v) is 5.38. The minimum atomic E-state index is 0.517. The third-order valence-corrected chi connectivity index (χ3v) is 2.90. The predicted octanol–water partition coefficient (Wildman–Crippen LogP) is 2.91. The van der Waals surface area contributed by atoms with Crippen LogP contribution in [0.4, 0.5) is 0 Å². The van der Waals surface area contributed by atoms with E-state index in [4.69, 9.17) is 0 Å². The van der Waals surface area contributed by atoms with Crippen molar-refractivity contribution < 1.29 is 0 Å². The lowest BCUT2D eigenvalue weighted by molar-refractivity contribution is 0.254.